The summed E-state index contributed by atoms with van der Waals surface area (Å²) >= 11 is 0. The molecule has 2 aromatic heterocycles. The maximum absolute atomic E-state index is 5.56. The minimum absolute atomic E-state index is 0.468. The molecule has 0 fully saturated rings. The van der Waals surface area contributed by atoms with Gasteiger partial charge in [0.25, 0.3) is 0 Å². The second-order valence-corrected chi connectivity index (χ2v) is 4.33. The van der Waals surface area contributed by atoms with Gasteiger partial charge in [0, 0.05) is 25.2 Å². The van der Waals surface area contributed by atoms with Crippen molar-refractivity contribution in [1.82, 2.24) is 19.3 Å². The van der Waals surface area contributed by atoms with Crippen LogP contribution in [0.2, 0.25) is 0 Å². The molecule has 0 radical (unpaired) electrons. The lowest BCUT2D eigenvalue weighted by atomic mass is 10.2. The molecule has 0 saturated carbocycles. The van der Waals surface area contributed by atoms with E-state index in [1.54, 1.807) is 6.33 Å². The average Bonchev–Trinajstić information content (AvgIpc) is 2.97. The number of rotatable bonds is 3. The number of hydrogen-bond donors (Lipinski definition) is 1. The Kier molecular flexibility index (Phi) is 2.60. The number of hydrogen-bond acceptors (Lipinski definition) is 3. The third-order valence-corrected chi connectivity index (χ3v) is 3.06. The van der Waals surface area contributed by atoms with Gasteiger partial charge < -0.3 is 10.3 Å². The first kappa shape index (κ1) is 11.0. The van der Waals surface area contributed by atoms with Gasteiger partial charge in [0.05, 0.1) is 29.8 Å². The molecule has 2 heterocycles. The van der Waals surface area contributed by atoms with Gasteiger partial charge in [-0.25, -0.2) is 4.98 Å². The molecule has 0 aliphatic heterocycles. The van der Waals surface area contributed by atoms with Crippen molar-refractivity contribution in [2.75, 3.05) is 0 Å². The van der Waals surface area contributed by atoms with Crippen LogP contribution >= 0.6 is 0 Å². The van der Waals surface area contributed by atoms with Crippen LogP contribution in [0.15, 0.2) is 36.8 Å². The fourth-order valence-electron chi connectivity index (χ4n) is 2.18. The summed E-state index contributed by atoms with van der Waals surface area (Å²) in [6.07, 6.45) is 3.76. The SMILES string of the molecule is Cn1nc(Cn2cnc(CN)c2)c2ccccc21. The Bertz CT molecular complexity index is 680. The summed E-state index contributed by atoms with van der Waals surface area (Å²) in [6, 6.07) is 8.23. The molecule has 92 valence electrons. The van der Waals surface area contributed by atoms with Gasteiger partial charge in [0.2, 0.25) is 0 Å². The first-order valence-corrected chi connectivity index (χ1v) is 5.89. The van der Waals surface area contributed by atoms with Crippen LogP contribution in [-0.2, 0) is 20.1 Å². The lowest BCUT2D eigenvalue weighted by Gasteiger charge is -1.98. The molecule has 1 aromatic carbocycles. The number of para-hydroxylation sites is 1. The van der Waals surface area contributed by atoms with Crippen LogP contribution in [0.1, 0.15) is 11.4 Å². The Morgan fingerprint density at radius 2 is 2.11 bits per heavy atom. The predicted molar refractivity (Wildman–Crippen MR) is 69.9 cm³/mol. The minimum atomic E-state index is 0.468. The maximum Gasteiger partial charge on any atom is 0.0953 e. The molecule has 0 saturated heterocycles. The van der Waals surface area contributed by atoms with E-state index in [0.717, 1.165) is 16.9 Å². The van der Waals surface area contributed by atoms with E-state index in [4.69, 9.17) is 5.73 Å². The molecular weight excluding hydrogens is 226 g/mol. The number of fused-ring (bicyclic) bond motifs is 1. The van der Waals surface area contributed by atoms with Gasteiger partial charge in [0.15, 0.2) is 0 Å². The third kappa shape index (κ3) is 1.78. The third-order valence-electron chi connectivity index (χ3n) is 3.06. The van der Waals surface area contributed by atoms with E-state index in [0.29, 0.717) is 13.1 Å². The molecule has 0 atom stereocenters. The van der Waals surface area contributed by atoms with Gasteiger partial charge in [-0.3, -0.25) is 4.68 Å². The second kappa shape index (κ2) is 4.27. The van der Waals surface area contributed by atoms with Crippen molar-refractivity contribution in [2.45, 2.75) is 13.1 Å². The van der Waals surface area contributed by atoms with Crippen molar-refractivity contribution >= 4 is 10.9 Å². The van der Waals surface area contributed by atoms with Crippen LogP contribution in [0.4, 0.5) is 0 Å². The van der Waals surface area contributed by atoms with E-state index in [-0.39, 0.29) is 0 Å². The summed E-state index contributed by atoms with van der Waals surface area (Å²) < 4.78 is 3.92. The second-order valence-electron chi connectivity index (χ2n) is 4.33. The first-order chi connectivity index (χ1) is 8.78. The molecule has 5 heteroatoms. The molecule has 0 aliphatic carbocycles. The lowest BCUT2D eigenvalue weighted by molar-refractivity contribution is 0.718. The van der Waals surface area contributed by atoms with Crippen LogP contribution in [0.25, 0.3) is 10.9 Å². The molecule has 0 spiro atoms. The van der Waals surface area contributed by atoms with Crippen LogP contribution in [0.5, 0.6) is 0 Å². The van der Waals surface area contributed by atoms with Gasteiger partial charge in [-0.1, -0.05) is 18.2 Å². The number of aryl methyl sites for hydroxylation is 1. The monoisotopic (exact) mass is 241 g/mol. The normalized spacial score (nSPS) is 11.2. The molecule has 3 aromatic rings. The number of benzene rings is 1. The molecule has 18 heavy (non-hydrogen) atoms. The van der Waals surface area contributed by atoms with E-state index in [1.165, 1.54) is 5.39 Å². The van der Waals surface area contributed by atoms with E-state index >= 15 is 0 Å². The summed E-state index contributed by atoms with van der Waals surface area (Å²) in [4.78, 5) is 4.22. The molecule has 3 rings (SSSR count). The van der Waals surface area contributed by atoms with Gasteiger partial charge >= 0.3 is 0 Å². The first-order valence-electron chi connectivity index (χ1n) is 5.89. The number of aromatic nitrogens is 4. The highest BCUT2D eigenvalue weighted by molar-refractivity contribution is 5.81. The van der Waals surface area contributed by atoms with E-state index in [2.05, 4.69) is 22.2 Å². The van der Waals surface area contributed by atoms with E-state index in [1.807, 2.05) is 34.6 Å². The molecule has 0 aliphatic rings. The highest BCUT2D eigenvalue weighted by Crippen LogP contribution is 2.18. The van der Waals surface area contributed by atoms with Crippen LogP contribution in [0.3, 0.4) is 0 Å². The zero-order valence-electron chi connectivity index (χ0n) is 10.2. The predicted octanol–water partition coefficient (Wildman–Crippen LogP) is 1.28. The summed E-state index contributed by atoms with van der Waals surface area (Å²) in [5, 5.41) is 5.74. The van der Waals surface area contributed by atoms with Gasteiger partial charge in [-0.15, -0.1) is 0 Å². The number of nitrogens with two attached hydrogens (primary N) is 1. The molecular formula is C13H15N5. The van der Waals surface area contributed by atoms with Crippen molar-refractivity contribution in [3.63, 3.8) is 0 Å². The molecule has 0 bridgehead atoms. The fraction of sp³-hybridized carbons (Fsp3) is 0.231. The maximum atomic E-state index is 5.56. The van der Waals surface area contributed by atoms with Crippen molar-refractivity contribution in [2.24, 2.45) is 12.8 Å². The van der Waals surface area contributed by atoms with Crippen molar-refractivity contribution in [1.29, 1.82) is 0 Å². The average molecular weight is 241 g/mol. The Balaban J connectivity index is 1.99. The zero-order valence-corrected chi connectivity index (χ0v) is 10.2. The summed E-state index contributed by atoms with van der Waals surface area (Å²) in [5.74, 6) is 0. The Morgan fingerprint density at radius 1 is 1.28 bits per heavy atom. The topological polar surface area (TPSA) is 61.7 Å². The molecule has 0 unspecified atom stereocenters. The van der Waals surface area contributed by atoms with Crippen molar-refractivity contribution in [3.05, 3.63) is 48.2 Å². The van der Waals surface area contributed by atoms with Crippen LogP contribution < -0.4 is 5.73 Å². The van der Waals surface area contributed by atoms with Crippen LogP contribution in [-0.4, -0.2) is 19.3 Å². The zero-order chi connectivity index (χ0) is 12.5. The Morgan fingerprint density at radius 3 is 2.89 bits per heavy atom. The number of imidazole rings is 1. The largest absolute Gasteiger partial charge is 0.331 e. The highest BCUT2D eigenvalue weighted by atomic mass is 15.3. The standard InChI is InChI=1S/C13H15N5/c1-17-13-5-3-2-4-11(13)12(16-17)8-18-7-10(6-14)15-9-18/h2-5,7,9H,6,8,14H2,1H3. The summed E-state index contributed by atoms with van der Waals surface area (Å²) in [6.45, 7) is 1.18. The minimum Gasteiger partial charge on any atom is -0.331 e. The van der Waals surface area contributed by atoms with E-state index in [9.17, 15) is 0 Å². The molecule has 0 amide bonds. The summed E-state index contributed by atoms with van der Waals surface area (Å²) in [7, 11) is 1.96. The quantitative estimate of drug-likeness (QED) is 0.751. The Labute approximate surface area is 105 Å². The summed E-state index contributed by atoms with van der Waals surface area (Å²) in [5.41, 5.74) is 8.65. The van der Waals surface area contributed by atoms with Gasteiger partial charge in [-0.05, 0) is 6.07 Å². The van der Waals surface area contributed by atoms with Crippen LogP contribution in [0, 0.1) is 0 Å². The smallest absolute Gasteiger partial charge is 0.0953 e. The van der Waals surface area contributed by atoms with Crippen molar-refractivity contribution in [3.8, 4) is 0 Å². The highest BCUT2D eigenvalue weighted by Gasteiger charge is 2.08. The lowest BCUT2D eigenvalue weighted by Crippen LogP contribution is -2.00. The van der Waals surface area contributed by atoms with Crippen molar-refractivity contribution < 1.29 is 0 Å². The Hall–Kier alpha value is -2.14. The molecule has 5 nitrogen and oxygen atoms in total. The molecule has 2 N–H and O–H groups in total. The van der Waals surface area contributed by atoms with E-state index < -0.39 is 0 Å². The fourth-order valence-corrected chi connectivity index (χ4v) is 2.18. The number of nitrogens with zero attached hydrogens (tertiary/aromatic N) is 4. The van der Waals surface area contributed by atoms with Gasteiger partial charge in [-0.2, -0.15) is 5.10 Å². The van der Waals surface area contributed by atoms with Gasteiger partial charge in [0.1, 0.15) is 0 Å².